The van der Waals surface area contributed by atoms with Gasteiger partial charge < -0.3 is 25.7 Å². The zero-order valence-corrected chi connectivity index (χ0v) is 26.1. The molecule has 0 bridgehead atoms. The van der Waals surface area contributed by atoms with Gasteiger partial charge in [0.2, 0.25) is 0 Å². The van der Waals surface area contributed by atoms with E-state index < -0.39 is 5.97 Å². The first-order chi connectivity index (χ1) is 22.3. The molecule has 1 aromatic carbocycles. The molecule has 5 heterocycles. The third-order valence-corrected chi connectivity index (χ3v) is 12.6. The zero-order valence-electron chi connectivity index (χ0n) is 26.1. The minimum absolute atomic E-state index is 0.108. The number of aromatic nitrogens is 4. The third-order valence-electron chi connectivity index (χ3n) is 12.6. The molecule has 11 heteroatoms. The van der Waals surface area contributed by atoms with Crippen LogP contribution in [0.15, 0.2) is 42.7 Å². The number of benzene rings is 1. The number of aliphatic carboxylic acids is 1. The number of para-hydroxylation sites is 1. The SMILES string of the molecule is Nc1nnc(-c2ccccc2O)cc1N1CCC2CC3(c4ncc(N5CC6(C5)CN(C5CCC(C(=O)O)CC5)C6)cn4)CC(C1)C23. The van der Waals surface area contributed by atoms with E-state index in [2.05, 4.69) is 37.3 Å². The van der Waals surface area contributed by atoms with Crippen LogP contribution in [0.25, 0.3) is 11.3 Å². The van der Waals surface area contributed by atoms with Crippen LogP contribution in [0, 0.1) is 29.1 Å². The average Bonchev–Trinajstić information content (AvgIpc) is 3.06. The van der Waals surface area contributed by atoms with Crippen molar-refractivity contribution >= 4 is 23.2 Å². The molecule has 0 radical (unpaired) electrons. The fourth-order valence-electron chi connectivity index (χ4n) is 10.3. The van der Waals surface area contributed by atoms with Crippen molar-refractivity contribution < 1.29 is 15.0 Å². The lowest BCUT2D eigenvalue weighted by Gasteiger charge is -2.66. The number of carboxylic acids is 1. The second-order valence-corrected chi connectivity index (χ2v) is 15.2. The lowest BCUT2D eigenvalue weighted by Crippen LogP contribution is -2.73. The van der Waals surface area contributed by atoms with Crippen molar-refractivity contribution in [2.75, 3.05) is 54.8 Å². The second kappa shape index (κ2) is 10.3. The highest BCUT2D eigenvalue weighted by Gasteiger charge is 2.67. The van der Waals surface area contributed by atoms with Crippen molar-refractivity contribution in [1.29, 1.82) is 0 Å². The minimum Gasteiger partial charge on any atom is -0.507 e. The molecular formula is C35H42N8O3. The maximum Gasteiger partial charge on any atom is 0.306 e. The van der Waals surface area contributed by atoms with Crippen LogP contribution in [-0.4, -0.2) is 86.6 Å². The topological polar surface area (TPSA) is 145 Å². The number of carboxylic acid groups (broad SMARTS) is 1. The van der Waals surface area contributed by atoms with Gasteiger partial charge in [0.25, 0.3) is 0 Å². The number of aromatic hydroxyl groups is 1. The molecule has 3 aromatic rings. The highest BCUT2D eigenvalue weighted by Crippen LogP contribution is 2.69. The van der Waals surface area contributed by atoms with E-state index in [0.29, 0.717) is 46.3 Å². The van der Waals surface area contributed by atoms with Gasteiger partial charge in [0.15, 0.2) is 5.82 Å². The minimum atomic E-state index is -0.624. The third kappa shape index (κ3) is 4.30. The summed E-state index contributed by atoms with van der Waals surface area (Å²) in [6.45, 7) is 6.25. The molecule has 11 nitrogen and oxygen atoms in total. The number of phenols is 1. The summed E-state index contributed by atoms with van der Waals surface area (Å²) in [6.07, 6.45) is 11.2. The Hall–Kier alpha value is -3.99. The van der Waals surface area contributed by atoms with Gasteiger partial charge in [-0.15, -0.1) is 10.2 Å². The molecule has 46 heavy (non-hydrogen) atoms. The molecule has 4 N–H and O–H groups in total. The Morgan fingerprint density at radius 1 is 0.913 bits per heavy atom. The van der Waals surface area contributed by atoms with Crippen LogP contribution in [0.2, 0.25) is 0 Å². The number of rotatable bonds is 6. The van der Waals surface area contributed by atoms with Crippen LogP contribution >= 0.6 is 0 Å². The molecule has 3 aliphatic heterocycles. The maximum atomic E-state index is 11.3. The summed E-state index contributed by atoms with van der Waals surface area (Å²) >= 11 is 0. The predicted molar refractivity (Wildman–Crippen MR) is 173 cm³/mol. The standard InChI is InChI=1S/C35H42N8O3/c36-31-28(11-27(39-40-31)26-3-1-2-4-29(26)44)41-10-9-22-12-35(13-23(16-41)30(22)35)33-37-14-25(15-38-33)43-19-34(20-43)17-42(18-34)24-7-5-21(6-8-24)32(45)46/h1-4,11,14-15,21-24,30,44H,5-10,12-13,16-20H2,(H2,36,40)(H,45,46). The van der Waals surface area contributed by atoms with Gasteiger partial charge in [-0.1, -0.05) is 12.1 Å². The predicted octanol–water partition coefficient (Wildman–Crippen LogP) is 3.79. The van der Waals surface area contributed by atoms with E-state index in [0.717, 1.165) is 101 Å². The Kier molecular flexibility index (Phi) is 6.30. The summed E-state index contributed by atoms with van der Waals surface area (Å²) in [5, 5.41) is 28.2. The van der Waals surface area contributed by atoms with Gasteiger partial charge in [0.1, 0.15) is 11.6 Å². The molecule has 3 saturated carbocycles. The molecule has 4 atom stereocenters. The number of hydrogen-bond acceptors (Lipinski definition) is 10. The zero-order chi connectivity index (χ0) is 31.2. The number of carbonyl (C=O) groups is 1. The van der Waals surface area contributed by atoms with Gasteiger partial charge in [-0.25, -0.2) is 9.97 Å². The summed E-state index contributed by atoms with van der Waals surface area (Å²) < 4.78 is 0. The van der Waals surface area contributed by atoms with Crippen molar-refractivity contribution in [2.24, 2.45) is 29.1 Å². The first-order valence-electron chi connectivity index (χ1n) is 17.0. The lowest BCUT2D eigenvalue weighted by atomic mass is 9.38. The summed E-state index contributed by atoms with van der Waals surface area (Å²) in [5.74, 6) is 2.74. The van der Waals surface area contributed by atoms with E-state index in [9.17, 15) is 15.0 Å². The lowest BCUT2D eigenvalue weighted by molar-refractivity contribution is -0.144. The van der Waals surface area contributed by atoms with Crippen LogP contribution in [0.3, 0.4) is 0 Å². The van der Waals surface area contributed by atoms with Crippen LogP contribution in [-0.2, 0) is 10.2 Å². The number of phenolic OH excluding ortho intramolecular Hbond substituents is 1. The number of nitrogens with two attached hydrogens (primary N) is 1. The van der Waals surface area contributed by atoms with Crippen LogP contribution in [0.5, 0.6) is 5.75 Å². The fraction of sp³-hybridized carbons (Fsp3) is 0.571. The Morgan fingerprint density at radius 2 is 1.65 bits per heavy atom. The summed E-state index contributed by atoms with van der Waals surface area (Å²) in [6, 6.07) is 9.75. The van der Waals surface area contributed by atoms with Gasteiger partial charge in [0, 0.05) is 61.7 Å². The molecule has 3 saturated heterocycles. The number of nitrogen functional groups attached to an aromatic ring is 1. The molecule has 6 fully saturated rings. The van der Waals surface area contributed by atoms with Crippen LogP contribution in [0.1, 0.15) is 50.8 Å². The molecule has 4 unspecified atom stereocenters. The molecule has 9 rings (SSSR count). The van der Waals surface area contributed by atoms with E-state index in [1.165, 1.54) is 0 Å². The average molecular weight is 623 g/mol. The molecule has 1 spiro atoms. The Balaban J connectivity index is 0.820. The van der Waals surface area contributed by atoms with E-state index in [4.69, 9.17) is 15.7 Å². The summed E-state index contributed by atoms with van der Waals surface area (Å²) in [4.78, 5) is 28.7. The second-order valence-electron chi connectivity index (χ2n) is 15.2. The molecule has 0 amide bonds. The van der Waals surface area contributed by atoms with Gasteiger partial charge in [-0.2, -0.15) is 0 Å². The quantitative estimate of drug-likeness (QED) is 0.369. The Labute approximate surface area is 268 Å². The van der Waals surface area contributed by atoms with Gasteiger partial charge in [-0.05, 0) is 80.9 Å². The highest BCUT2D eigenvalue weighted by atomic mass is 16.4. The highest BCUT2D eigenvalue weighted by molar-refractivity contribution is 5.74. The summed E-state index contributed by atoms with van der Waals surface area (Å²) in [7, 11) is 0. The van der Waals surface area contributed by atoms with Crippen LogP contribution < -0.4 is 15.5 Å². The maximum absolute atomic E-state index is 11.3. The number of hydrogen-bond donors (Lipinski definition) is 3. The van der Waals surface area contributed by atoms with Crippen LogP contribution in [0.4, 0.5) is 17.2 Å². The van der Waals surface area contributed by atoms with E-state index >= 15 is 0 Å². The molecule has 240 valence electrons. The number of anilines is 3. The summed E-state index contributed by atoms with van der Waals surface area (Å²) in [5.41, 5.74) is 10.2. The normalized spacial score (nSPS) is 32.7. The first kappa shape index (κ1) is 28.3. The van der Waals surface area contributed by atoms with Gasteiger partial charge in [0.05, 0.1) is 35.4 Å². The number of likely N-dealkylation sites (tertiary alicyclic amines) is 1. The van der Waals surface area contributed by atoms with Crippen molar-refractivity contribution in [3.63, 3.8) is 0 Å². The van der Waals surface area contributed by atoms with E-state index in [1.54, 1.807) is 12.1 Å². The van der Waals surface area contributed by atoms with E-state index in [1.807, 2.05) is 18.2 Å². The monoisotopic (exact) mass is 622 g/mol. The van der Waals surface area contributed by atoms with Crippen molar-refractivity contribution in [1.82, 2.24) is 25.1 Å². The van der Waals surface area contributed by atoms with Crippen molar-refractivity contribution in [3.05, 3.63) is 48.5 Å². The molecule has 6 aliphatic rings. The van der Waals surface area contributed by atoms with Gasteiger partial charge >= 0.3 is 5.97 Å². The Bertz CT molecular complexity index is 1660. The first-order valence-corrected chi connectivity index (χ1v) is 17.0. The van der Waals surface area contributed by atoms with E-state index in [-0.39, 0.29) is 17.1 Å². The molecule has 3 aliphatic carbocycles. The Morgan fingerprint density at radius 3 is 2.39 bits per heavy atom. The largest absolute Gasteiger partial charge is 0.507 e. The smallest absolute Gasteiger partial charge is 0.306 e. The molecule has 2 aromatic heterocycles. The molecular weight excluding hydrogens is 580 g/mol. The number of nitrogens with zero attached hydrogens (tertiary/aromatic N) is 7. The van der Waals surface area contributed by atoms with Gasteiger partial charge in [-0.3, -0.25) is 9.69 Å². The van der Waals surface area contributed by atoms with Crippen molar-refractivity contribution in [2.45, 2.75) is 56.4 Å². The fourth-order valence-corrected chi connectivity index (χ4v) is 10.3. The van der Waals surface area contributed by atoms with Crippen molar-refractivity contribution in [3.8, 4) is 17.0 Å².